The quantitative estimate of drug-likeness (QED) is 0.201. The molecular formula is C25H27N9O2. The van der Waals surface area contributed by atoms with Crippen LogP contribution in [0.2, 0.25) is 0 Å². The Hall–Kier alpha value is -4.80. The largest absolute Gasteiger partial charge is 0.383 e. The predicted molar refractivity (Wildman–Crippen MR) is 136 cm³/mol. The van der Waals surface area contributed by atoms with Crippen LogP contribution in [0, 0.1) is 5.41 Å². The van der Waals surface area contributed by atoms with Gasteiger partial charge in [0.15, 0.2) is 0 Å². The maximum absolute atomic E-state index is 13.0. The van der Waals surface area contributed by atoms with Crippen molar-refractivity contribution in [2.24, 2.45) is 0 Å². The molecule has 11 nitrogen and oxygen atoms in total. The number of imidazole rings is 1. The van der Waals surface area contributed by atoms with E-state index in [1.54, 1.807) is 21.3 Å². The predicted octanol–water partition coefficient (Wildman–Crippen LogP) is 2.38. The molecule has 2 amide bonds. The molecule has 0 radical (unpaired) electrons. The molecule has 4 N–H and O–H groups in total. The third kappa shape index (κ3) is 5.46. The number of hydrogen-bond acceptors (Lipinski definition) is 7. The Labute approximate surface area is 207 Å². The summed E-state index contributed by atoms with van der Waals surface area (Å²) in [6, 6.07) is 13.1. The number of carbonyl (C=O) groups is 2. The van der Waals surface area contributed by atoms with E-state index in [2.05, 4.69) is 37.9 Å². The Kier molecular flexibility index (Phi) is 7.49. The molecule has 0 saturated carbocycles. The first-order valence-corrected chi connectivity index (χ1v) is 11.5. The molecule has 3 aromatic heterocycles. The summed E-state index contributed by atoms with van der Waals surface area (Å²) in [5.41, 5.74) is 2.21. The maximum Gasteiger partial charge on any atom is 0.273 e. The molecule has 0 fully saturated rings. The van der Waals surface area contributed by atoms with Gasteiger partial charge in [0, 0.05) is 44.0 Å². The van der Waals surface area contributed by atoms with Crippen molar-refractivity contribution in [3.8, 4) is 11.3 Å². The number of benzene rings is 1. The molecule has 36 heavy (non-hydrogen) atoms. The summed E-state index contributed by atoms with van der Waals surface area (Å²) in [6.07, 6.45) is 7.23. The van der Waals surface area contributed by atoms with Gasteiger partial charge in [-0.1, -0.05) is 37.3 Å². The van der Waals surface area contributed by atoms with Crippen LogP contribution in [0.5, 0.6) is 0 Å². The van der Waals surface area contributed by atoms with Crippen molar-refractivity contribution in [2.75, 3.05) is 12.4 Å². The lowest BCUT2D eigenvalue weighted by atomic mass is 10.2. The first-order chi connectivity index (χ1) is 17.5. The van der Waals surface area contributed by atoms with Crippen LogP contribution >= 0.6 is 0 Å². The maximum atomic E-state index is 13.0. The third-order valence-corrected chi connectivity index (χ3v) is 5.35. The molecule has 1 aromatic carbocycles. The minimum atomic E-state index is -0.606. The van der Waals surface area contributed by atoms with Crippen molar-refractivity contribution in [3.63, 3.8) is 0 Å². The van der Waals surface area contributed by atoms with E-state index in [1.807, 2.05) is 48.8 Å². The van der Waals surface area contributed by atoms with E-state index in [4.69, 9.17) is 5.41 Å². The molecule has 11 heteroatoms. The second kappa shape index (κ2) is 11.1. The summed E-state index contributed by atoms with van der Waals surface area (Å²) in [5.74, 6) is -0.505. The van der Waals surface area contributed by atoms with Gasteiger partial charge in [-0.15, -0.1) is 0 Å². The SMILES string of the molecule is CCCn1ccc(CNC(=O)/C(C=N)=C(/NC)C(=O)Nc2ccn3cc(-c4ccccc4)nc3n2)n1. The van der Waals surface area contributed by atoms with Gasteiger partial charge < -0.3 is 21.4 Å². The van der Waals surface area contributed by atoms with E-state index in [1.165, 1.54) is 7.05 Å². The van der Waals surface area contributed by atoms with E-state index in [0.29, 0.717) is 11.5 Å². The van der Waals surface area contributed by atoms with Crippen LogP contribution in [0.4, 0.5) is 5.82 Å². The number of amides is 2. The second-order valence-corrected chi connectivity index (χ2v) is 7.90. The highest BCUT2D eigenvalue weighted by Crippen LogP contribution is 2.19. The molecule has 3 heterocycles. The summed E-state index contributed by atoms with van der Waals surface area (Å²) in [4.78, 5) is 34.6. The van der Waals surface area contributed by atoms with Gasteiger partial charge in [-0.25, -0.2) is 4.98 Å². The Morgan fingerprint density at radius 2 is 1.86 bits per heavy atom. The summed E-state index contributed by atoms with van der Waals surface area (Å²) in [7, 11) is 1.51. The van der Waals surface area contributed by atoms with E-state index in [0.717, 1.165) is 30.4 Å². The average molecular weight is 486 g/mol. The molecule has 0 bridgehead atoms. The number of carbonyl (C=O) groups excluding carboxylic acids is 2. The molecule has 0 aliphatic rings. The van der Waals surface area contributed by atoms with Crippen molar-refractivity contribution in [2.45, 2.75) is 26.4 Å². The highest BCUT2D eigenvalue weighted by Gasteiger charge is 2.20. The summed E-state index contributed by atoms with van der Waals surface area (Å²) in [5, 5.41) is 20.2. The lowest BCUT2D eigenvalue weighted by molar-refractivity contribution is -0.118. The molecule has 4 rings (SSSR count). The number of anilines is 1. The Morgan fingerprint density at radius 3 is 2.58 bits per heavy atom. The Bertz CT molecular complexity index is 1420. The monoisotopic (exact) mass is 485 g/mol. The first kappa shape index (κ1) is 24.3. The Balaban J connectivity index is 1.48. The van der Waals surface area contributed by atoms with Crippen LogP contribution in [0.25, 0.3) is 17.0 Å². The highest BCUT2D eigenvalue weighted by molar-refractivity contribution is 6.19. The van der Waals surface area contributed by atoms with Crippen LogP contribution < -0.4 is 16.0 Å². The molecule has 0 spiro atoms. The van der Waals surface area contributed by atoms with E-state index < -0.39 is 11.8 Å². The average Bonchev–Trinajstić information content (AvgIpc) is 3.53. The lowest BCUT2D eigenvalue weighted by Gasteiger charge is -2.12. The molecule has 4 aromatic rings. The van der Waals surface area contributed by atoms with E-state index in [-0.39, 0.29) is 23.6 Å². The minimum Gasteiger partial charge on any atom is -0.383 e. The van der Waals surface area contributed by atoms with Crippen molar-refractivity contribution < 1.29 is 9.59 Å². The summed E-state index contributed by atoms with van der Waals surface area (Å²) in [6.45, 7) is 3.02. The number of hydrogen-bond donors (Lipinski definition) is 4. The second-order valence-electron chi connectivity index (χ2n) is 7.90. The minimum absolute atomic E-state index is 0.0611. The van der Waals surface area contributed by atoms with Gasteiger partial charge in [0.25, 0.3) is 11.8 Å². The standard InChI is InChI=1S/C25H27N9O2/c1-3-11-34-13-9-18(32-34)15-28-23(35)19(14-26)22(27-2)24(36)30-21-10-12-33-16-20(29-25(33)31-21)17-7-5-4-6-8-17/h4-10,12-14,16,26-27H,3,11,15H2,1-2H3,(H,28,35)(H,29,30,31,36)/b22-19+,26-14?. The lowest BCUT2D eigenvalue weighted by Crippen LogP contribution is -2.32. The smallest absolute Gasteiger partial charge is 0.273 e. The number of aryl methyl sites for hydroxylation is 1. The molecule has 0 aliphatic heterocycles. The number of nitrogens with one attached hydrogen (secondary N) is 4. The van der Waals surface area contributed by atoms with Crippen molar-refractivity contribution in [1.82, 2.24) is 34.8 Å². The molecule has 0 unspecified atom stereocenters. The fourth-order valence-electron chi connectivity index (χ4n) is 3.61. The molecule has 0 atom stereocenters. The van der Waals surface area contributed by atoms with Crippen molar-refractivity contribution in [1.29, 1.82) is 5.41 Å². The van der Waals surface area contributed by atoms with Crippen LogP contribution in [0.3, 0.4) is 0 Å². The third-order valence-electron chi connectivity index (χ3n) is 5.35. The number of nitrogens with zero attached hydrogens (tertiary/aromatic N) is 5. The van der Waals surface area contributed by atoms with E-state index in [9.17, 15) is 9.59 Å². The summed E-state index contributed by atoms with van der Waals surface area (Å²) >= 11 is 0. The number of likely N-dealkylation sites (N-methyl/N-ethyl adjacent to an activating group) is 1. The number of rotatable bonds is 10. The first-order valence-electron chi connectivity index (χ1n) is 11.5. The molecule has 0 aliphatic carbocycles. The number of aromatic nitrogens is 5. The van der Waals surface area contributed by atoms with Gasteiger partial charge in [0.05, 0.1) is 23.5 Å². The van der Waals surface area contributed by atoms with Gasteiger partial charge in [0.1, 0.15) is 11.5 Å². The molecular weight excluding hydrogens is 458 g/mol. The zero-order valence-electron chi connectivity index (χ0n) is 20.0. The van der Waals surface area contributed by atoms with Gasteiger partial charge in [-0.2, -0.15) is 10.1 Å². The van der Waals surface area contributed by atoms with E-state index >= 15 is 0 Å². The van der Waals surface area contributed by atoms with Gasteiger partial charge in [0.2, 0.25) is 5.78 Å². The number of fused-ring (bicyclic) bond motifs is 1. The van der Waals surface area contributed by atoms with Crippen LogP contribution in [0.1, 0.15) is 19.0 Å². The van der Waals surface area contributed by atoms with Crippen LogP contribution in [-0.2, 0) is 22.7 Å². The fourth-order valence-corrected chi connectivity index (χ4v) is 3.61. The van der Waals surface area contributed by atoms with Crippen molar-refractivity contribution in [3.05, 3.63) is 78.0 Å². The van der Waals surface area contributed by atoms with Crippen LogP contribution in [0.15, 0.2) is 72.3 Å². The zero-order chi connectivity index (χ0) is 25.5. The zero-order valence-corrected chi connectivity index (χ0v) is 20.0. The topological polar surface area (TPSA) is 142 Å². The van der Waals surface area contributed by atoms with Gasteiger partial charge >= 0.3 is 0 Å². The van der Waals surface area contributed by atoms with Crippen LogP contribution in [-0.4, -0.2) is 49.2 Å². The van der Waals surface area contributed by atoms with Gasteiger partial charge in [-0.05, 0) is 18.6 Å². The van der Waals surface area contributed by atoms with Gasteiger partial charge in [-0.3, -0.25) is 18.7 Å². The fraction of sp³-hybridized carbons (Fsp3) is 0.200. The summed E-state index contributed by atoms with van der Waals surface area (Å²) < 4.78 is 3.55. The van der Waals surface area contributed by atoms with Crippen molar-refractivity contribution >= 4 is 29.6 Å². The molecule has 0 saturated heterocycles. The normalized spacial score (nSPS) is 11.6. The Morgan fingerprint density at radius 1 is 1.06 bits per heavy atom. The highest BCUT2D eigenvalue weighted by atomic mass is 16.2. The molecule has 184 valence electrons.